The molecule has 0 aromatic heterocycles. The summed E-state index contributed by atoms with van der Waals surface area (Å²) >= 11 is 1.91. The van der Waals surface area contributed by atoms with Gasteiger partial charge in [-0.3, -0.25) is 0 Å². The second-order valence-electron chi connectivity index (χ2n) is 3.70. The molecule has 0 amide bonds. The Morgan fingerprint density at radius 2 is 1.58 bits per heavy atom. The van der Waals surface area contributed by atoms with Crippen LogP contribution in [0.5, 0.6) is 5.75 Å². The zero-order valence-electron chi connectivity index (χ0n) is 9.34. The van der Waals surface area contributed by atoms with Gasteiger partial charge < -0.3 is 4.74 Å². The molecule has 6 heteroatoms. The number of benzene rings is 2. The second kappa shape index (κ2) is 5.36. The topological polar surface area (TPSA) is 9.23 Å². The molecule has 0 saturated heterocycles. The predicted octanol–water partition coefficient (Wildman–Crippen LogP) is 5.00. The molecular weight excluding hydrogens is 375 g/mol. The molecule has 0 fully saturated rings. The van der Waals surface area contributed by atoms with Gasteiger partial charge in [0, 0.05) is 3.57 Å². The van der Waals surface area contributed by atoms with E-state index >= 15 is 0 Å². The fraction of sp³-hybridized carbons (Fsp3) is 0.0769. The van der Waals surface area contributed by atoms with Crippen LogP contribution in [0.25, 0.3) is 11.1 Å². The first-order valence-corrected chi connectivity index (χ1v) is 6.24. The fourth-order valence-electron chi connectivity index (χ4n) is 1.56. The van der Waals surface area contributed by atoms with Crippen LogP contribution in [0.3, 0.4) is 0 Å². The van der Waals surface area contributed by atoms with E-state index in [4.69, 9.17) is 0 Å². The van der Waals surface area contributed by atoms with E-state index < -0.39 is 6.36 Å². The first-order chi connectivity index (χ1) is 8.85. The van der Waals surface area contributed by atoms with Crippen LogP contribution in [0, 0.1) is 9.39 Å². The van der Waals surface area contributed by atoms with Gasteiger partial charge in [0.2, 0.25) is 0 Å². The van der Waals surface area contributed by atoms with Crippen molar-refractivity contribution in [1.82, 2.24) is 0 Å². The monoisotopic (exact) mass is 382 g/mol. The maximum Gasteiger partial charge on any atom is 0.573 e. The quantitative estimate of drug-likeness (QED) is 0.525. The van der Waals surface area contributed by atoms with Crippen LogP contribution >= 0.6 is 22.6 Å². The Kier molecular flexibility index (Phi) is 3.98. The molecule has 0 aliphatic heterocycles. The molecule has 0 heterocycles. The summed E-state index contributed by atoms with van der Waals surface area (Å²) < 4.78 is 53.4. The van der Waals surface area contributed by atoms with Crippen molar-refractivity contribution in [2.45, 2.75) is 6.36 Å². The minimum atomic E-state index is -4.71. The molecule has 0 aliphatic rings. The molecule has 0 spiro atoms. The number of alkyl halides is 3. The van der Waals surface area contributed by atoms with E-state index in [-0.39, 0.29) is 11.6 Å². The SMILES string of the molecule is Fc1ccc(-c2ccc(OC(F)(F)F)cc2I)cc1. The molecule has 0 unspecified atom stereocenters. The van der Waals surface area contributed by atoms with Gasteiger partial charge in [-0.2, -0.15) is 0 Å². The Labute approximate surface area is 120 Å². The molecule has 2 aromatic carbocycles. The lowest BCUT2D eigenvalue weighted by Gasteiger charge is -2.11. The summed E-state index contributed by atoms with van der Waals surface area (Å²) in [6.45, 7) is 0. The van der Waals surface area contributed by atoms with Crippen molar-refractivity contribution in [3.8, 4) is 16.9 Å². The van der Waals surface area contributed by atoms with Crippen LogP contribution < -0.4 is 4.74 Å². The van der Waals surface area contributed by atoms with E-state index in [1.165, 1.54) is 30.3 Å². The lowest BCUT2D eigenvalue weighted by molar-refractivity contribution is -0.274. The molecule has 0 saturated carbocycles. The zero-order chi connectivity index (χ0) is 14.0. The Morgan fingerprint density at radius 1 is 0.947 bits per heavy atom. The number of hydrogen-bond donors (Lipinski definition) is 0. The van der Waals surface area contributed by atoms with Crippen LogP contribution in [0.15, 0.2) is 42.5 Å². The van der Waals surface area contributed by atoms with Gasteiger partial charge in [0.15, 0.2) is 0 Å². The average molecular weight is 382 g/mol. The highest BCUT2D eigenvalue weighted by atomic mass is 127. The third kappa shape index (κ3) is 3.82. The average Bonchev–Trinajstić information content (AvgIpc) is 2.29. The Morgan fingerprint density at radius 3 is 2.11 bits per heavy atom. The summed E-state index contributed by atoms with van der Waals surface area (Å²) in [6, 6.07) is 9.75. The number of rotatable bonds is 2. The molecule has 0 N–H and O–H groups in total. The zero-order valence-corrected chi connectivity index (χ0v) is 11.5. The molecule has 0 atom stereocenters. The number of ether oxygens (including phenoxy) is 1. The largest absolute Gasteiger partial charge is 0.573 e. The highest BCUT2D eigenvalue weighted by Gasteiger charge is 2.31. The molecule has 1 nitrogen and oxygen atoms in total. The molecule has 0 radical (unpaired) electrons. The molecule has 0 aliphatic carbocycles. The third-order valence-electron chi connectivity index (χ3n) is 2.33. The van der Waals surface area contributed by atoms with E-state index in [9.17, 15) is 17.6 Å². The van der Waals surface area contributed by atoms with Crippen molar-refractivity contribution in [3.63, 3.8) is 0 Å². The van der Waals surface area contributed by atoms with Crippen LogP contribution in [0.1, 0.15) is 0 Å². The Hall–Kier alpha value is -1.31. The van der Waals surface area contributed by atoms with E-state index in [1.807, 2.05) is 22.6 Å². The highest BCUT2D eigenvalue weighted by Crippen LogP contribution is 2.31. The first kappa shape index (κ1) is 14.1. The highest BCUT2D eigenvalue weighted by molar-refractivity contribution is 14.1. The van der Waals surface area contributed by atoms with Gasteiger partial charge in [0.25, 0.3) is 0 Å². The second-order valence-corrected chi connectivity index (χ2v) is 4.86. The predicted molar refractivity (Wildman–Crippen MR) is 71.2 cm³/mol. The van der Waals surface area contributed by atoms with Crippen molar-refractivity contribution >= 4 is 22.6 Å². The first-order valence-electron chi connectivity index (χ1n) is 5.16. The van der Waals surface area contributed by atoms with E-state index in [0.29, 0.717) is 3.57 Å². The standard InChI is InChI=1S/C13H7F4IO/c14-9-3-1-8(2-4-9)11-6-5-10(7-12(11)18)19-13(15,16)17/h1-7H. The van der Waals surface area contributed by atoms with Crippen LogP contribution in [-0.2, 0) is 0 Å². The van der Waals surface area contributed by atoms with Gasteiger partial charge >= 0.3 is 6.36 Å². The summed E-state index contributed by atoms with van der Waals surface area (Å²) in [7, 11) is 0. The van der Waals surface area contributed by atoms with Crippen LogP contribution in [0.4, 0.5) is 17.6 Å². The number of halogens is 5. The summed E-state index contributed by atoms with van der Waals surface area (Å²) in [4.78, 5) is 0. The maximum atomic E-state index is 12.8. The van der Waals surface area contributed by atoms with Gasteiger partial charge in [0.1, 0.15) is 11.6 Å². The van der Waals surface area contributed by atoms with Gasteiger partial charge in [-0.25, -0.2) is 4.39 Å². The van der Waals surface area contributed by atoms with E-state index in [2.05, 4.69) is 4.74 Å². The molecule has 2 aromatic rings. The van der Waals surface area contributed by atoms with Crippen molar-refractivity contribution in [2.75, 3.05) is 0 Å². The van der Waals surface area contributed by atoms with Crippen molar-refractivity contribution in [2.24, 2.45) is 0 Å². The summed E-state index contributed by atoms with van der Waals surface area (Å²) in [5.74, 6) is -0.640. The van der Waals surface area contributed by atoms with Gasteiger partial charge in [-0.1, -0.05) is 12.1 Å². The lowest BCUT2D eigenvalue weighted by atomic mass is 10.1. The Balaban J connectivity index is 2.31. The summed E-state index contributed by atoms with van der Waals surface area (Å²) in [5.41, 5.74) is 1.44. The molecular formula is C13H7F4IO. The normalized spacial score (nSPS) is 11.4. The maximum absolute atomic E-state index is 12.8. The van der Waals surface area contributed by atoms with Crippen LogP contribution in [0.2, 0.25) is 0 Å². The van der Waals surface area contributed by atoms with E-state index in [1.54, 1.807) is 12.1 Å². The molecule has 2 rings (SSSR count). The summed E-state index contributed by atoms with van der Waals surface area (Å²) in [6.07, 6.45) is -4.71. The lowest BCUT2D eigenvalue weighted by Crippen LogP contribution is -2.17. The Bertz CT molecular complexity index is 578. The van der Waals surface area contributed by atoms with Gasteiger partial charge in [0.05, 0.1) is 0 Å². The van der Waals surface area contributed by atoms with Crippen molar-refractivity contribution in [1.29, 1.82) is 0 Å². The fourth-order valence-corrected chi connectivity index (χ4v) is 2.35. The minimum absolute atomic E-state index is 0.275. The van der Waals surface area contributed by atoms with Crippen LogP contribution in [-0.4, -0.2) is 6.36 Å². The molecule has 100 valence electrons. The molecule has 19 heavy (non-hydrogen) atoms. The van der Waals surface area contributed by atoms with Gasteiger partial charge in [-0.05, 0) is 64.0 Å². The minimum Gasteiger partial charge on any atom is -0.406 e. The summed E-state index contributed by atoms with van der Waals surface area (Å²) in [5, 5.41) is 0. The smallest absolute Gasteiger partial charge is 0.406 e. The number of hydrogen-bond acceptors (Lipinski definition) is 1. The third-order valence-corrected chi connectivity index (χ3v) is 3.22. The van der Waals surface area contributed by atoms with E-state index in [0.717, 1.165) is 11.1 Å². The van der Waals surface area contributed by atoms with Crippen molar-refractivity contribution in [3.05, 3.63) is 51.9 Å². The molecule has 0 bridgehead atoms. The van der Waals surface area contributed by atoms with Gasteiger partial charge in [-0.15, -0.1) is 13.2 Å². The van der Waals surface area contributed by atoms with Crippen molar-refractivity contribution < 1.29 is 22.3 Å².